The lowest BCUT2D eigenvalue weighted by Gasteiger charge is -2.18. The van der Waals surface area contributed by atoms with E-state index in [9.17, 15) is 4.79 Å². The molecule has 0 saturated carbocycles. The van der Waals surface area contributed by atoms with Crippen molar-refractivity contribution in [2.75, 3.05) is 7.05 Å². The fraction of sp³-hybridized carbons (Fsp3) is 0.263. The molecule has 1 amide bonds. The summed E-state index contributed by atoms with van der Waals surface area (Å²) in [5.41, 5.74) is 4.14. The van der Waals surface area contributed by atoms with Crippen LogP contribution in [0.15, 0.2) is 41.8 Å². The van der Waals surface area contributed by atoms with Gasteiger partial charge in [-0.25, -0.2) is 0 Å². The van der Waals surface area contributed by atoms with Crippen LogP contribution in [0, 0.1) is 13.8 Å². The van der Waals surface area contributed by atoms with Gasteiger partial charge in [0.2, 0.25) is 5.91 Å². The predicted molar refractivity (Wildman–Crippen MR) is 95.7 cm³/mol. The molecule has 3 nitrogen and oxygen atoms in total. The molecule has 4 heteroatoms. The summed E-state index contributed by atoms with van der Waals surface area (Å²) in [7, 11) is 1.86. The molecule has 2 aromatic heterocycles. The number of pyridine rings is 1. The first kappa shape index (κ1) is 15.7. The number of para-hydroxylation sites is 1. The van der Waals surface area contributed by atoms with Gasteiger partial charge in [-0.2, -0.15) is 0 Å². The van der Waals surface area contributed by atoms with Gasteiger partial charge in [0.15, 0.2) is 0 Å². The minimum Gasteiger partial charge on any atom is -0.340 e. The van der Waals surface area contributed by atoms with Crippen LogP contribution in [-0.4, -0.2) is 22.8 Å². The second-order valence-electron chi connectivity index (χ2n) is 5.82. The molecule has 23 heavy (non-hydrogen) atoms. The van der Waals surface area contributed by atoms with E-state index < -0.39 is 0 Å². The number of hydrogen-bond donors (Lipinski definition) is 0. The number of benzene rings is 1. The number of aromatic nitrogens is 1. The van der Waals surface area contributed by atoms with Gasteiger partial charge in [-0.1, -0.05) is 24.3 Å². The largest absolute Gasteiger partial charge is 0.340 e. The summed E-state index contributed by atoms with van der Waals surface area (Å²) in [6, 6.07) is 12.2. The Morgan fingerprint density at radius 1 is 1.17 bits per heavy atom. The first-order chi connectivity index (χ1) is 11.1. The number of fused-ring (bicyclic) bond motifs is 1. The Morgan fingerprint density at radius 2 is 1.96 bits per heavy atom. The van der Waals surface area contributed by atoms with Crippen molar-refractivity contribution in [2.45, 2.75) is 26.8 Å². The van der Waals surface area contributed by atoms with E-state index in [2.05, 4.69) is 24.0 Å². The Kier molecular flexibility index (Phi) is 4.44. The lowest BCUT2D eigenvalue weighted by Crippen LogP contribution is -2.28. The molecule has 2 heterocycles. The van der Waals surface area contributed by atoms with Crippen molar-refractivity contribution in [3.63, 3.8) is 0 Å². The first-order valence-corrected chi connectivity index (χ1v) is 8.55. The standard InChI is InChI=1S/C19H20N2OS/c1-13-16-8-4-5-9-18(16)20-14(2)17(13)11-19(22)21(3)12-15-7-6-10-23-15/h4-10H,11-12H2,1-3H3. The van der Waals surface area contributed by atoms with Gasteiger partial charge in [-0.05, 0) is 42.5 Å². The molecule has 0 N–H and O–H groups in total. The van der Waals surface area contributed by atoms with E-state index in [1.807, 2.05) is 43.6 Å². The molecular formula is C19H20N2OS. The lowest BCUT2D eigenvalue weighted by molar-refractivity contribution is -0.129. The fourth-order valence-corrected chi connectivity index (χ4v) is 3.60. The maximum Gasteiger partial charge on any atom is 0.227 e. The summed E-state index contributed by atoms with van der Waals surface area (Å²) in [6.45, 7) is 4.73. The Morgan fingerprint density at radius 3 is 2.70 bits per heavy atom. The van der Waals surface area contributed by atoms with Gasteiger partial charge >= 0.3 is 0 Å². The first-order valence-electron chi connectivity index (χ1n) is 7.67. The molecule has 0 bridgehead atoms. The molecule has 0 radical (unpaired) electrons. The second kappa shape index (κ2) is 6.50. The van der Waals surface area contributed by atoms with E-state index in [0.29, 0.717) is 13.0 Å². The van der Waals surface area contributed by atoms with Crippen molar-refractivity contribution >= 4 is 28.1 Å². The Bertz CT molecular complexity index is 840. The molecule has 0 saturated heterocycles. The summed E-state index contributed by atoms with van der Waals surface area (Å²) >= 11 is 1.68. The van der Waals surface area contributed by atoms with Gasteiger partial charge in [-0.15, -0.1) is 11.3 Å². The number of rotatable bonds is 4. The van der Waals surface area contributed by atoms with Gasteiger partial charge in [0.25, 0.3) is 0 Å². The monoisotopic (exact) mass is 324 g/mol. The number of aryl methyl sites for hydroxylation is 2. The molecule has 0 fully saturated rings. The summed E-state index contributed by atoms with van der Waals surface area (Å²) in [5.74, 6) is 0.127. The van der Waals surface area contributed by atoms with Gasteiger partial charge in [0.1, 0.15) is 0 Å². The summed E-state index contributed by atoms with van der Waals surface area (Å²) in [4.78, 5) is 20.2. The fourth-order valence-electron chi connectivity index (χ4n) is 2.84. The Balaban J connectivity index is 1.84. The predicted octanol–water partition coefficient (Wildman–Crippen LogP) is 4.11. The number of amides is 1. The topological polar surface area (TPSA) is 33.2 Å². The summed E-state index contributed by atoms with van der Waals surface area (Å²) in [5, 5.41) is 3.16. The molecule has 0 spiro atoms. The van der Waals surface area contributed by atoms with E-state index in [4.69, 9.17) is 0 Å². The number of carbonyl (C=O) groups is 1. The number of thiophene rings is 1. The van der Waals surface area contributed by atoms with E-state index in [-0.39, 0.29) is 5.91 Å². The third-order valence-corrected chi connectivity index (χ3v) is 5.07. The van der Waals surface area contributed by atoms with E-state index >= 15 is 0 Å². The SMILES string of the molecule is Cc1nc2ccccc2c(C)c1CC(=O)N(C)Cc1cccs1. The number of nitrogens with zero attached hydrogens (tertiary/aromatic N) is 2. The average Bonchev–Trinajstić information content (AvgIpc) is 3.04. The van der Waals surface area contributed by atoms with Crippen LogP contribution in [0.25, 0.3) is 10.9 Å². The molecule has 1 aromatic carbocycles. The molecule has 0 aliphatic heterocycles. The summed E-state index contributed by atoms with van der Waals surface area (Å²) < 4.78 is 0. The van der Waals surface area contributed by atoms with E-state index in [1.54, 1.807) is 16.2 Å². The highest BCUT2D eigenvalue weighted by atomic mass is 32.1. The van der Waals surface area contributed by atoms with Crippen LogP contribution < -0.4 is 0 Å². The van der Waals surface area contributed by atoms with Crippen LogP contribution in [0.4, 0.5) is 0 Å². The molecule has 118 valence electrons. The maximum atomic E-state index is 12.6. The van der Waals surface area contributed by atoms with Gasteiger partial charge in [0.05, 0.1) is 18.5 Å². The van der Waals surface area contributed by atoms with Gasteiger partial charge < -0.3 is 4.90 Å². The molecule has 0 unspecified atom stereocenters. The third kappa shape index (κ3) is 3.27. The van der Waals surface area contributed by atoms with Crippen molar-refractivity contribution in [3.8, 4) is 0 Å². The smallest absolute Gasteiger partial charge is 0.227 e. The van der Waals surface area contributed by atoms with Crippen LogP contribution in [0.1, 0.15) is 21.7 Å². The quantitative estimate of drug-likeness (QED) is 0.723. The minimum atomic E-state index is 0.127. The minimum absolute atomic E-state index is 0.127. The van der Waals surface area contributed by atoms with Crippen LogP contribution in [-0.2, 0) is 17.8 Å². The Hall–Kier alpha value is -2.20. The van der Waals surface area contributed by atoms with Gasteiger partial charge in [-0.3, -0.25) is 9.78 Å². The van der Waals surface area contributed by atoms with E-state index in [0.717, 1.165) is 27.7 Å². The van der Waals surface area contributed by atoms with Gasteiger partial charge in [0, 0.05) is 23.0 Å². The molecule has 3 aromatic rings. The van der Waals surface area contributed by atoms with Crippen LogP contribution >= 0.6 is 11.3 Å². The molecule has 0 aliphatic rings. The summed E-state index contributed by atoms with van der Waals surface area (Å²) in [6.07, 6.45) is 0.400. The molecule has 0 aliphatic carbocycles. The number of carbonyl (C=O) groups excluding carboxylic acids is 1. The highest BCUT2D eigenvalue weighted by Gasteiger charge is 2.16. The van der Waals surface area contributed by atoms with Crippen molar-refractivity contribution < 1.29 is 4.79 Å². The zero-order valence-electron chi connectivity index (χ0n) is 13.7. The number of hydrogen-bond acceptors (Lipinski definition) is 3. The molecule has 0 atom stereocenters. The van der Waals surface area contributed by atoms with Crippen LogP contribution in [0.2, 0.25) is 0 Å². The molecular weight excluding hydrogens is 304 g/mol. The number of likely N-dealkylation sites (N-methyl/N-ethyl adjacent to an activating group) is 1. The lowest BCUT2D eigenvalue weighted by atomic mass is 9.99. The second-order valence-corrected chi connectivity index (χ2v) is 6.86. The van der Waals surface area contributed by atoms with Crippen LogP contribution in [0.3, 0.4) is 0 Å². The zero-order chi connectivity index (χ0) is 16.4. The average molecular weight is 324 g/mol. The Labute approximate surface area is 140 Å². The zero-order valence-corrected chi connectivity index (χ0v) is 14.5. The normalized spacial score (nSPS) is 10.9. The van der Waals surface area contributed by atoms with Crippen LogP contribution in [0.5, 0.6) is 0 Å². The maximum absolute atomic E-state index is 12.6. The van der Waals surface area contributed by atoms with Crippen molar-refractivity contribution in [2.24, 2.45) is 0 Å². The van der Waals surface area contributed by atoms with Crippen molar-refractivity contribution in [3.05, 3.63) is 63.5 Å². The third-order valence-electron chi connectivity index (χ3n) is 4.21. The van der Waals surface area contributed by atoms with E-state index in [1.165, 1.54) is 4.88 Å². The molecule has 3 rings (SSSR count). The highest BCUT2D eigenvalue weighted by Crippen LogP contribution is 2.23. The van der Waals surface area contributed by atoms with Crippen molar-refractivity contribution in [1.29, 1.82) is 0 Å². The highest BCUT2D eigenvalue weighted by molar-refractivity contribution is 7.09. The van der Waals surface area contributed by atoms with Crippen molar-refractivity contribution in [1.82, 2.24) is 9.88 Å².